The molecule has 0 heterocycles. The van der Waals surface area contributed by atoms with Crippen molar-refractivity contribution in [3.8, 4) is 0 Å². The monoisotopic (exact) mass is 495 g/mol. The summed E-state index contributed by atoms with van der Waals surface area (Å²) < 4.78 is 217. The Kier molecular flexibility index (Phi) is 6.70. The van der Waals surface area contributed by atoms with E-state index in [1.165, 1.54) is 4.74 Å². The molecule has 4 nitrogen and oxygen atoms in total. The van der Waals surface area contributed by atoms with Crippen LogP contribution in [0.3, 0.4) is 0 Å². The summed E-state index contributed by atoms with van der Waals surface area (Å²) in [5.41, 5.74) is 3.62. The van der Waals surface area contributed by atoms with Crippen LogP contribution in [0.5, 0.6) is 0 Å². The van der Waals surface area contributed by atoms with E-state index < -0.39 is 54.3 Å². The molecule has 0 bridgehead atoms. The van der Waals surface area contributed by atoms with Crippen LogP contribution in [-0.4, -0.2) is 54.3 Å². The molecule has 0 aliphatic carbocycles. The number of ether oxygens (including phenoxy) is 2. The normalized spacial score (nSPS) is 19.2. The molecule has 1 amide bonds. The van der Waals surface area contributed by atoms with Gasteiger partial charge in [-0.25, -0.2) is 0 Å². The molecule has 0 aliphatic heterocycles. The molecule has 30 heavy (non-hydrogen) atoms. The highest BCUT2D eigenvalue weighted by atomic mass is 19.4. The number of alkyl halides is 17. The van der Waals surface area contributed by atoms with Crippen LogP contribution >= 0.6 is 0 Å². The van der Waals surface area contributed by atoms with E-state index in [-0.39, 0.29) is 0 Å². The second-order valence-electron chi connectivity index (χ2n) is 4.86. The first-order valence-electron chi connectivity index (χ1n) is 6.02. The summed E-state index contributed by atoms with van der Waals surface area (Å²) in [6, 6.07) is 0. The molecule has 2 atom stereocenters. The lowest BCUT2D eigenvalue weighted by atomic mass is 10.2. The number of hydrogen-bond donors (Lipinski definition) is 1. The fourth-order valence-electron chi connectivity index (χ4n) is 1.18. The van der Waals surface area contributed by atoms with E-state index in [1.807, 2.05) is 0 Å². The standard InChI is InChI=1S/C9H2F17NO3/c10-2(1(27)28,5(14,15)16)29-9(25,26)4(13,7(20,21)22)30-8(23,24)3(11,12)6(17,18)19/h(H2,27,28)/t2-,4+/m0/s1. The quantitative estimate of drug-likeness (QED) is 0.535. The van der Waals surface area contributed by atoms with Crippen molar-refractivity contribution in [2.75, 3.05) is 0 Å². The molecule has 0 saturated heterocycles. The Morgan fingerprint density at radius 3 is 1.13 bits per heavy atom. The molecule has 0 unspecified atom stereocenters. The van der Waals surface area contributed by atoms with Crippen molar-refractivity contribution in [3.05, 3.63) is 0 Å². The maximum absolute atomic E-state index is 13.6. The van der Waals surface area contributed by atoms with E-state index in [1.54, 1.807) is 4.74 Å². The van der Waals surface area contributed by atoms with Crippen LogP contribution in [0.1, 0.15) is 0 Å². The number of primary amides is 1. The van der Waals surface area contributed by atoms with Gasteiger partial charge in [-0.2, -0.15) is 74.6 Å². The number of nitrogens with two attached hydrogens (primary N) is 1. The number of carbonyl (C=O) groups is 1. The van der Waals surface area contributed by atoms with Crippen molar-refractivity contribution in [1.82, 2.24) is 0 Å². The predicted molar refractivity (Wildman–Crippen MR) is 52.0 cm³/mol. The Balaban J connectivity index is 6.63. The lowest BCUT2D eigenvalue weighted by Crippen LogP contribution is -2.68. The number of amides is 1. The molecule has 0 spiro atoms. The highest BCUT2D eigenvalue weighted by Gasteiger charge is 2.85. The first-order chi connectivity index (χ1) is 12.6. The van der Waals surface area contributed by atoms with Gasteiger partial charge in [0.1, 0.15) is 0 Å². The van der Waals surface area contributed by atoms with E-state index in [9.17, 15) is 79.4 Å². The van der Waals surface area contributed by atoms with Gasteiger partial charge in [0.25, 0.3) is 5.91 Å². The second kappa shape index (κ2) is 7.12. The number of halogens is 17. The van der Waals surface area contributed by atoms with Crippen LogP contribution in [0.4, 0.5) is 74.6 Å². The van der Waals surface area contributed by atoms with Crippen molar-refractivity contribution in [1.29, 1.82) is 0 Å². The Hall–Kier alpha value is -1.80. The van der Waals surface area contributed by atoms with E-state index in [0.717, 1.165) is 0 Å². The topological polar surface area (TPSA) is 61.6 Å². The molecule has 0 rings (SSSR count). The fourth-order valence-corrected chi connectivity index (χ4v) is 1.18. The van der Waals surface area contributed by atoms with Crippen LogP contribution in [0, 0.1) is 0 Å². The molecule has 180 valence electrons. The second-order valence-corrected chi connectivity index (χ2v) is 4.86. The average molecular weight is 495 g/mol. The largest absolute Gasteiger partial charge is 0.462 e. The zero-order valence-corrected chi connectivity index (χ0v) is 12.7. The third-order valence-electron chi connectivity index (χ3n) is 2.68. The van der Waals surface area contributed by atoms with Gasteiger partial charge in [0.15, 0.2) is 0 Å². The zero-order valence-electron chi connectivity index (χ0n) is 12.7. The van der Waals surface area contributed by atoms with Gasteiger partial charge in [0.05, 0.1) is 0 Å². The molecule has 0 radical (unpaired) electrons. The van der Waals surface area contributed by atoms with Crippen molar-refractivity contribution in [2.45, 2.75) is 48.4 Å². The third kappa shape index (κ3) is 4.44. The third-order valence-corrected chi connectivity index (χ3v) is 2.68. The summed E-state index contributed by atoms with van der Waals surface area (Å²) in [6.45, 7) is 0. The van der Waals surface area contributed by atoms with Gasteiger partial charge in [0, 0.05) is 0 Å². The fraction of sp³-hybridized carbons (Fsp3) is 0.889. The Bertz CT molecular complexity index is 650. The highest BCUT2D eigenvalue weighted by Crippen LogP contribution is 2.56. The van der Waals surface area contributed by atoms with Crippen LogP contribution in [-0.2, 0) is 14.3 Å². The first kappa shape index (κ1) is 28.2. The van der Waals surface area contributed by atoms with Gasteiger partial charge in [-0.3, -0.25) is 14.3 Å². The minimum Gasteiger partial charge on any atom is -0.364 e. The minimum absolute atomic E-state index is 1.23. The van der Waals surface area contributed by atoms with Crippen LogP contribution in [0.2, 0.25) is 0 Å². The van der Waals surface area contributed by atoms with Crippen molar-refractivity contribution in [3.63, 3.8) is 0 Å². The van der Waals surface area contributed by atoms with E-state index >= 15 is 0 Å². The summed E-state index contributed by atoms with van der Waals surface area (Å²) in [5.74, 6) is -26.5. The van der Waals surface area contributed by atoms with Crippen LogP contribution < -0.4 is 5.73 Å². The average Bonchev–Trinajstić information content (AvgIpc) is 2.41. The summed E-state index contributed by atoms with van der Waals surface area (Å²) in [5, 5.41) is 0. The van der Waals surface area contributed by atoms with Gasteiger partial charge in [-0.05, 0) is 0 Å². The Morgan fingerprint density at radius 2 is 0.900 bits per heavy atom. The molecule has 21 heteroatoms. The lowest BCUT2D eigenvalue weighted by molar-refractivity contribution is -0.548. The van der Waals surface area contributed by atoms with E-state index in [4.69, 9.17) is 0 Å². The molecular weight excluding hydrogens is 493 g/mol. The summed E-state index contributed by atoms with van der Waals surface area (Å²) in [4.78, 5) is 10.3. The number of carbonyl (C=O) groups excluding carboxylic acids is 1. The molecular formula is C9H2F17NO3. The van der Waals surface area contributed by atoms with Crippen molar-refractivity contribution < 1.29 is 88.9 Å². The Labute approximate surface area is 150 Å². The minimum atomic E-state index is -8.03. The van der Waals surface area contributed by atoms with Crippen LogP contribution in [0.15, 0.2) is 0 Å². The van der Waals surface area contributed by atoms with Crippen molar-refractivity contribution in [2.24, 2.45) is 5.73 Å². The molecule has 0 aliphatic rings. The first-order valence-corrected chi connectivity index (χ1v) is 6.02. The van der Waals surface area contributed by atoms with Gasteiger partial charge in [-0.15, -0.1) is 0 Å². The molecule has 0 fully saturated rings. The molecule has 0 aromatic rings. The molecule has 0 aromatic carbocycles. The van der Waals surface area contributed by atoms with Gasteiger partial charge in [0.2, 0.25) is 0 Å². The summed E-state index contributed by atoms with van der Waals surface area (Å²) >= 11 is 0. The van der Waals surface area contributed by atoms with Crippen LogP contribution in [0.25, 0.3) is 0 Å². The van der Waals surface area contributed by atoms with Gasteiger partial charge >= 0.3 is 48.4 Å². The van der Waals surface area contributed by atoms with E-state index in [2.05, 4.69) is 5.73 Å². The van der Waals surface area contributed by atoms with Gasteiger partial charge < -0.3 is 5.73 Å². The van der Waals surface area contributed by atoms with Crippen molar-refractivity contribution >= 4 is 5.91 Å². The molecule has 0 aromatic heterocycles. The Morgan fingerprint density at radius 1 is 0.533 bits per heavy atom. The number of hydrogen-bond acceptors (Lipinski definition) is 3. The lowest BCUT2D eigenvalue weighted by Gasteiger charge is -2.39. The maximum Gasteiger partial charge on any atom is 0.462 e. The zero-order chi connectivity index (χ0) is 25.0. The highest BCUT2D eigenvalue weighted by molar-refractivity contribution is 5.82. The molecule has 2 N–H and O–H groups in total. The maximum atomic E-state index is 13.6. The molecule has 0 saturated carbocycles. The SMILES string of the molecule is NC(=O)[C@](F)(OC(F)(F)[C@](F)(OC(F)(F)C(F)(F)C(F)(F)F)C(F)(F)F)C(F)(F)F. The summed E-state index contributed by atoms with van der Waals surface area (Å²) in [7, 11) is 0. The number of rotatable bonds is 7. The predicted octanol–water partition coefficient (Wildman–Crippen LogP) is 4.34. The van der Waals surface area contributed by atoms with E-state index in [0.29, 0.717) is 0 Å². The van der Waals surface area contributed by atoms with Gasteiger partial charge in [-0.1, -0.05) is 0 Å². The smallest absolute Gasteiger partial charge is 0.364 e. The summed E-state index contributed by atoms with van der Waals surface area (Å²) in [6.07, 6.45) is -38.5.